The number of hydrogen-bond donors (Lipinski definition) is 2. The first-order chi connectivity index (χ1) is 14.2. The predicted octanol–water partition coefficient (Wildman–Crippen LogP) is 2.04. The molecule has 11 heteroatoms. The fraction of sp³-hybridized carbons (Fsp3) is 0.111. The molecule has 1 aliphatic rings. The molecule has 10 nitrogen and oxygen atoms in total. The van der Waals surface area contributed by atoms with Gasteiger partial charge in [-0.05, 0) is 40.2 Å². The maximum absolute atomic E-state index is 12.9. The minimum atomic E-state index is -0.480. The summed E-state index contributed by atoms with van der Waals surface area (Å²) in [6, 6.07) is 11.7. The largest absolute Gasteiger partial charge is 0.378 e. The molecule has 5 rings (SSSR count). The Morgan fingerprint density at radius 1 is 1.21 bits per heavy atom. The van der Waals surface area contributed by atoms with Crippen molar-refractivity contribution in [3.8, 4) is 16.4 Å². The third kappa shape index (κ3) is 2.97. The van der Waals surface area contributed by atoms with Crippen molar-refractivity contribution in [3.63, 3.8) is 0 Å². The Morgan fingerprint density at radius 2 is 2.10 bits per heavy atom. The van der Waals surface area contributed by atoms with Crippen LogP contribution in [0.15, 0.2) is 51.5 Å². The summed E-state index contributed by atoms with van der Waals surface area (Å²) in [5.41, 5.74) is 12.0. The van der Waals surface area contributed by atoms with Crippen molar-refractivity contribution in [1.82, 2.24) is 30.7 Å². The number of aromatic nitrogens is 5. The molecule has 0 spiro atoms. The molecule has 0 saturated carbocycles. The number of benzene rings is 1. The molecule has 1 aromatic carbocycles. The molecule has 3 heterocycles. The topological polar surface area (TPSA) is 137 Å². The van der Waals surface area contributed by atoms with E-state index >= 15 is 0 Å². The van der Waals surface area contributed by atoms with Crippen LogP contribution >= 0.6 is 11.3 Å². The van der Waals surface area contributed by atoms with Crippen LogP contribution < -0.4 is 11.2 Å². The summed E-state index contributed by atoms with van der Waals surface area (Å²) in [6.07, 6.45) is 1.67. The Morgan fingerprint density at radius 3 is 2.90 bits per heavy atom. The Balaban J connectivity index is 1.50. The molecule has 29 heavy (non-hydrogen) atoms. The van der Waals surface area contributed by atoms with E-state index in [0.717, 1.165) is 29.0 Å². The van der Waals surface area contributed by atoms with Crippen LogP contribution in [0.1, 0.15) is 28.0 Å². The van der Waals surface area contributed by atoms with E-state index in [4.69, 9.17) is 5.73 Å². The van der Waals surface area contributed by atoms with Gasteiger partial charge in [-0.25, -0.2) is 10.1 Å². The molecule has 3 N–H and O–H groups in total. The number of nitrogens with one attached hydrogen (secondary N) is 1. The van der Waals surface area contributed by atoms with Crippen LogP contribution in [0.2, 0.25) is 0 Å². The molecule has 3 aromatic heterocycles. The second-order valence-electron chi connectivity index (χ2n) is 6.31. The molecule has 0 unspecified atom stereocenters. The van der Waals surface area contributed by atoms with E-state index in [2.05, 4.69) is 41.8 Å². The summed E-state index contributed by atoms with van der Waals surface area (Å²) in [5, 5.41) is 21.6. The zero-order chi connectivity index (χ0) is 19.8. The number of hydrogen-bond acceptors (Lipinski definition) is 9. The smallest absolute Gasteiger partial charge is 0.294 e. The lowest BCUT2D eigenvalue weighted by molar-refractivity contribution is 0.0950. The lowest BCUT2D eigenvalue weighted by Crippen LogP contribution is -2.21. The van der Waals surface area contributed by atoms with Crippen molar-refractivity contribution < 1.29 is 9.42 Å². The monoisotopic (exact) mass is 406 g/mol. The number of hydrazone groups is 1. The minimum absolute atomic E-state index is 0.0440. The Labute approximate surface area is 168 Å². The predicted molar refractivity (Wildman–Crippen MR) is 106 cm³/mol. The van der Waals surface area contributed by atoms with Crippen LogP contribution in [0.25, 0.3) is 16.4 Å². The second-order valence-corrected chi connectivity index (χ2v) is 7.25. The molecule has 0 saturated heterocycles. The number of thiophene rings is 1. The van der Waals surface area contributed by atoms with Gasteiger partial charge in [0, 0.05) is 5.56 Å². The van der Waals surface area contributed by atoms with Gasteiger partial charge in [0.1, 0.15) is 5.69 Å². The first kappa shape index (κ1) is 17.3. The van der Waals surface area contributed by atoms with Crippen molar-refractivity contribution in [2.75, 3.05) is 5.73 Å². The van der Waals surface area contributed by atoms with E-state index in [1.807, 2.05) is 35.7 Å². The number of nitrogens with zero attached hydrogens (tertiary/aromatic N) is 6. The van der Waals surface area contributed by atoms with Crippen LogP contribution in [0.3, 0.4) is 0 Å². The summed E-state index contributed by atoms with van der Waals surface area (Å²) in [5.74, 6) is -0.273. The zero-order valence-corrected chi connectivity index (χ0v) is 15.8. The summed E-state index contributed by atoms with van der Waals surface area (Å²) < 4.78 is 6.00. The fourth-order valence-corrected chi connectivity index (χ4v) is 4.01. The molecule has 4 aromatic rings. The van der Waals surface area contributed by atoms with E-state index in [-0.39, 0.29) is 17.3 Å². The number of nitrogen functional groups attached to an aromatic ring is 1. The van der Waals surface area contributed by atoms with Gasteiger partial charge in [-0.3, -0.25) is 4.79 Å². The molecule has 0 radical (unpaired) electrons. The van der Waals surface area contributed by atoms with Crippen LogP contribution in [0.5, 0.6) is 0 Å². The van der Waals surface area contributed by atoms with Crippen molar-refractivity contribution in [2.24, 2.45) is 5.10 Å². The van der Waals surface area contributed by atoms with Gasteiger partial charge in [-0.15, -0.1) is 16.4 Å². The highest BCUT2D eigenvalue weighted by Crippen LogP contribution is 2.30. The molecular weight excluding hydrogens is 392 g/mol. The van der Waals surface area contributed by atoms with E-state index in [9.17, 15) is 4.79 Å². The quantitative estimate of drug-likeness (QED) is 0.495. The third-order valence-electron chi connectivity index (χ3n) is 4.59. The maximum atomic E-state index is 12.9. The SMILES string of the molecule is Nc1nonc1-n1nnc(C(=O)N/N=C2\CCc3ccccc32)c1-c1cccs1. The van der Waals surface area contributed by atoms with Crippen LogP contribution in [0, 0.1) is 0 Å². The summed E-state index contributed by atoms with van der Waals surface area (Å²) >= 11 is 1.43. The average Bonchev–Trinajstić information content (AvgIpc) is 3.51. The van der Waals surface area contributed by atoms with Crippen LogP contribution in [0.4, 0.5) is 5.82 Å². The average molecular weight is 406 g/mol. The van der Waals surface area contributed by atoms with Gasteiger partial charge >= 0.3 is 0 Å². The van der Waals surface area contributed by atoms with Crippen molar-refractivity contribution in [1.29, 1.82) is 0 Å². The van der Waals surface area contributed by atoms with Gasteiger partial charge in [-0.2, -0.15) is 9.78 Å². The van der Waals surface area contributed by atoms with E-state index < -0.39 is 5.91 Å². The standard InChI is InChI=1S/C18H14N8O2S/c19-16-17(24-28-23-16)26-15(13-6-3-9-29-13)14(21-25-26)18(27)22-20-12-8-7-10-4-1-2-5-11(10)12/h1-6,9H,7-8H2,(H2,19,23)(H,22,27)/b20-12+. The van der Waals surface area contributed by atoms with Crippen LogP contribution in [-0.2, 0) is 6.42 Å². The molecule has 0 atom stereocenters. The Hall–Kier alpha value is -3.86. The minimum Gasteiger partial charge on any atom is -0.378 e. The van der Waals surface area contributed by atoms with Crippen molar-refractivity contribution in [3.05, 3.63) is 58.6 Å². The molecule has 0 bridgehead atoms. The van der Waals surface area contributed by atoms with E-state index in [0.29, 0.717) is 5.69 Å². The number of amides is 1. The van der Waals surface area contributed by atoms with Crippen molar-refractivity contribution in [2.45, 2.75) is 12.8 Å². The highest BCUT2D eigenvalue weighted by atomic mass is 32.1. The molecule has 1 amide bonds. The summed E-state index contributed by atoms with van der Waals surface area (Å²) in [6.45, 7) is 0. The lowest BCUT2D eigenvalue weighted by Gasteiger charge is -2.04. The highest BCUT2D eigenvalue weighted by Gasteiger charge is 2.26. The number of fused-ring (bicyclic) bond motifs is 1. The van der Waals surface area contributed by atoms with Gasteiger partial charge in [0.15, 0.2) is 5.69 Å². The molecule has 0 fully saturated rings. The summed E-state index contributed by atoms with van der Waals surface area (Å²) in [7, 11) is 0. The summed E-state index contributed by atoms with van der Waals surface area (Å²) in [4.78, 5) is 13.6. The number of carbonyl (C=O) groups excluding carboxylic acids is 1. The first-order valence-corrected chi connectivity index (χ1v) is 9.63. The van der Waals surface area contributed by atoms with Gasteiger partial charge in [0.2, 0.25) is 11.6 Å². The van der Waals surface area contributed by atoms with Gasteiger partial charge in [0.05, 0.1) is 10.6 Å². The van der Waals surface area contributed by atoms with Crippen molar-refractivity contribution >= 4 is 28.8 Å². The molecular formula is C18H14N8O2S. The third-order valence-corrected chi connectivity index (χ3v) is 5.46. The Kier molecular flexibility index (Phi) is 4.13. The van der Waals surface area contributed by atoms with E-state index in [1.165, 1.54) is 21.6 Å². The highest BCUT2D eigenvalue weighted by molar-refractivity contribution is 7.13. The number of anilines is 1. The number of carbonyl (C=O) groups is 1. The normalized spacial score (nSPS) is 14.3. The van der Waals surface area contributed by atoms with E-state index in [1.54, 1.807) is 0 Å². The molecule has 0 aliphatic heterocycles. The number of aryl methyl sites for hydroxylation is 1. The number of nitrogens with two attached hydrogens (primary N) is 1. The van der Waals surface area contributed by atoms with Crippen LogP contribution in [-0.4, -0.2) is 36.9 Å². The van der Waals surface area contributed by atoms with Gasteiger partial charge < -0.3 is 5.73 Å². The second kappa shape index (κ2) is 6.95. The molecule has 144 valence electrons. The number of rotatable bonds is 4. The maximum Gasteiger partial charge on any atom is 0.294 e. The van der Waals surface area contributed by atoms with Gasteiger partial charge in [0.25, 0.3) is 5.91 Å². The lowest BCUT2D eigenvalue weighted by atomic mass is 10.1. The molecule has 1 aliphatic carbocycles. The first-order valence-electron chi connectivity index (χ1n) is 8.75. The van der Waals surface area contributed by atoms with Gasteiger partial charge in [-0.1, -0.05) is 35.5 Å². The Bertz CT molecular complexity index is 1220. The zero-order valence-electron chi connectivity index (χ0n) is 14.9. The fourth-order valence-electron chi connectivity index (χ4n) is 3.25.